The molecule has 0 aliphatic heterocycles. The van der Waals surface area contributed by atoms with Gasteiger partial charge in [-0.2, -0.15) is 0 Å². The largest absolute Gasteiger partial charge is 0.278 e. The smallest absolute Gasteiger partial charge is 0.264 e. The first kappa shape index (κ1) is 18.7. The van der Waals surface area contributed by atoms with Gasteiger partial charge in [-0.1, -0.05) is 35.5 Å². The number of anilines is 1. The minimum Gasteiger partial charge on any atom is -0.278 e. The van der Waals surface area contributed by atoms with E-state index in [1.807, 2.05) is 0 Å². The molecule has 0 aromatic heterocycles. The number of hydrogen-bond acceptors (Lipinski definition) is 3. The Morgan fingerprint density at radius 1 is 0.923 bits per heavy atom. The van der Waals surface area contributed by atoms with Crippen LogP contribution in [0.25, 0.3) is 0 Å². The fourth-order valence-corrected chi connectivity index (χ4v) is 4.41. The molecule has 0 aliphatic rings. The zero-order valence-corrected chi connectivity index (χ0v) is 15.5. The minimum atomic E-state index is -4.29. The maximum atomic E-state index is 13.8. The number of benzene rings is 3. The third kappa shape index (κ3) is 4.35. The minimum absolute atomic E-state index is 0.260. The van der Waals surface area contributed by atoms with Gasteiger partial charge in [0.15, 0.2) is 0 Å². The second-order valence-corrected chi connectivity index (χ2v) is 8.43. The Morgan fingerprint density at radius 3 is 2.35 bits per heavy atom. The Bertz CT molecular complexity index is 1040. The molecule has 0 fully saturated rings. The molecule has 0 radical (unpaired) electrons. The van der Waals surface area contributed by atoms with Gasteiger partial charge in [-0.3, -0.25) is 4.72 Å². The summed E-state index contributed by atoms with van der Waals surface area (Å²) in [5.41, 5.74) is 0.260. The maximum absolute atomic E-state index is 13.8. The van der Waals surface area contributed by atoms with Crippen LogP contribution in [0.4, 0.5) is 14.5 Å². The zero-order chi connectivity index (χ0) is 18.7. The molecule has 0 saturated heterocycles. The molecule has 0 saturated carbocycles. The third-order valence-corrected chi connectivity index (χ3v) is 6.07. The van der Waals surface area contributed by atoms with Crippen LogP contribution >= 0.6 is 23.4 Å². The summed E-state index contributed by atoms with van der Waals surface area (Å²) in [6, 6.07) is 16.0. The van der Waals surface area contributed by atoms with Gasteiger partial charge in [0.2, 0.25) is 0 Å². The van der Waals surface area contributed by atoms with Gasteiger partial charge in [-0.05, 0) is 54.6 Å². The molecule has 26 heavy (non-hydrogen) atoms. The lowest BCUT2D eigenvalue weighted by molar-refractivity contribution is 0.555. The molecule has 0 amide bonds. The number of para-hydroxylation sites is 1. The van der Waals surface area contributed by atoms with Crippen LogP contribution in [0.1, 0.15) is 0 Å². The standard InChI is InChI=1S/C18H12ClF2NO2S2/c19-12-5-8-14(9-6-12)25-17-4-2-1-3-16(17)22-26(23,24)18-11-13(20)7-10-15(18)21/h1-11,22H. The van der Waals surface area contributed by atoms with Crippen molar-refractivity contribution in [2.45, 2.75) is 14.7 Å². The molecule has 134 valence electrons. The molecule has 3 nitrogen and oxygen atoms in total. The van der Waals surface area contributed by atoms with Crippen molar-refractivity contribution in [2.75, 3.05) is 4.72 Å². The molecule has 0 spiro atoms. The van der Waals surface area contributed by atoms with Crippen molar-refractivity contribution in [2.24, 2.45) is 0 Å². The summed E-state index contributed by atoms with van der Waals surface area (Å²) in [5, 5.41) is 0.588. The summed E-state index contributed by atoms with van der Waals surface area (Å²) in [4.78, 5) is 0.706. The van der Waals surface area contributed by atoms with E-state index in [2.05, 4.69) is 4.72 Å². The Hall–Kier alpha value is -2.09. The van der Waals surface area contributed by atoms with Crippen LogP contribution in [0.5, 0.6) is 0 Å². The van der Waals surface area contributed by atoms with E-state index in [4.69, 9.17) is 11.6 Å². The third-order valence-electron chi connectivity index (χ3n) is 3.36. The van der Waals surface area contributed by atoms with Crippen LogP contribution in [-0.4, -0.2) is 8.42 Å². The van der Waals surface area contributed by atoms with Gasteiger partial charge in [0, 0.05) is 14.8 Å². The van der Waals surface area contributed by atoms with E-state index in [-0.39, 0.29) is 5.69 Å². The van der Waals surface area contributed by atoms with Crippen molar-refractivity contribution >= 4 is 39.1 Å². The van der Waals surface area contributed by atoms with Crippen molar-refractivity contribution < 1.29 is 17.2 Å². The fraction of sp³-hybridized carbons (Fsp3) is 0. The number of sulfonamides is 1. The van der Waals surface area contributed by atoms with Crippen LogP contribution in [0.2, 0.25) is 5.02 Å². The summed E-state index contributed by atoms with van der Waals surface area (Å²) in [6.45, 7) is 0. The van der Waals surface area contributed by atoms with Crippen LogP contribution in [0.3, 0.4) is 0 Å². The summed E-state index contributed by atoms with van der Waals surface area (Å²) >= 11 is 7.17. The molecule has 0 aliphatic carbocycles. The first-order valence-electron chi connectivity index (χ1n) is 7.35. The Morgan fingerprint density at radius 2 is 1.62 bits per heavy atom. The topological polar surface area (TPSA) is 46.2 Å². The maximum Gasteiger partial charge on any atom is 0.264 e. The highest BCUT2D eigenvalue weighted by Gasteiger charge is 2.21. The molecule has 0 heterocycles. The summed E-state index contributed by atoms with van der Waals surface area (Å²) < 4.78 is 54.5. The van der Waals surface area contributed by atoms with Crippen LogP contribution in [0, 0.1) is 11.6 Å². The monoisotopic (exact) mass is 411 g/mol. The van der Waals surface area contributed by atoms with Crippen LogP contribution < -0.4 is 4.72 Å². The van der Waals surface area contributed by atoms with Crippen molar-refractivity contribution in [3.8, 4) is 0 Å². The van der Waals surface area contributed by atoms with Crippen molar-refractivity contribution in [3.05, 3.63) is 83.4 Å². The molecule has 3 aromatic rings. The molecule has 3 aromatic carbocycles. The van der Waals surface area contributed by atoms with E-state index in [1.165, 1.54) is 11.8 Å². The first-order valence-corrected chi connectivity index (χ1v) is 10.0. The number of hydrogen-bond donors (Lipinski definition) is 1. The van der Waals surface area contributed by atoms with E-state index in [9.17, 15) is 17.2 Å². The van der Waals surface area contributed by atoms with Crippen molar-refractivity contribution in [1.82, 2.24) is 0 Å². The predicted molar refractivity (Wildman–Crippen MR) is 99.2 cm³/mol. The molecule has 1 N–H and O–H groups in total. The Kier molecular flexibility index (Phi) is 5.50. The fourth-order valence-electron chi connectivity index (χ4n) is 2.15. The zero-order valence-electron chi connectivity index (χ0n) is 13.1. The first-order chi connectivity index (χ1) is 12.3. The van der Waals surface area contributed by atoms with E-state index >= 15 is 0 Å². The van der Waals surface area contributed by atoms with Crippen molar-refractivity contribution in [1.29, 1.82) is 0 Å². The van der Waals surface area contributed by atoms with Gasteiger partial charge in [-0.25, -0.2) is 17.2 Å². The van der Waals surface area contributed by atoms with Crippen LogP contribution in [-0.2, 0) is 10.0 Å². The average Bonchev–Trinajstić information content (AvgIpc) is 2.60. The van der Waals surface area contributed by atoms with Crippen molar-refractivity contribution in [3.63, 3.8) is 0 Å². The average molecular weight is 412 g/mol. The summed E-state index contributed by atoms with van der Waals surface area (Å²) in [7, 11) is -4.29. The van der Waals surface area contributed by atoms with E-state index in [0.717, 1.165) is 17.0 Å². The van der Waals surface area contributed by atoms with E-state index in [1.54, 1.807) is 48.5 Å². The SMILES string of the molecule is O=S(=O)(Nc1ccccc1Sc1ccc(Cl)cc1)c1cc(F)ccc1F. The molecular formula is C18H12ClF2NO2S2. The summed E-state index contributed by atoms with van der Waals surface area (Å²) in [5.74, 6) is -1.86. The highest BCUT2D eigenvalue weighted by atomic mass is 35.5. The van der Waals surface area contributed by atoms with Gasteiger partial charge in [0.1, 0.15) is 16.5 Å². The van der Waals surface area contributed by atoms with E-state index < -0.39 is 26.6 Å². The lowest BCUT2D eigenvalue weighted by Gasteiger charge is -2.13. The van der Waals surface area contributed by atoms with E-state index in [0.29, 0.717) is 16.0 Å². The normalized spacial score (nSPS) is 11.3. The number of halogens is 3. The van der Waals surface area contributed by atoms with Gasteiger partial charge in [-0.15, -0.1) is 0 Å². The Labute approximate surface area is 159 Å². The molecule has 0 atom stereocenters. The Balaban J connectivity index is 1.92. The molecule has 3 rings (SSSR count). The second-order valence-electron chi connectivity index (χ2n) is 5.23. The summed E-state index contributed by atoms with van der Waals surface area (Å²) in [6.07, 6.45) is 0. The highest BCUT2D eigenvalue weighted by molar-refractivity contribution is 7.99. The lowest BCUT2D eigenvalue weighted by atomic mass is 10.3. The van der Waals surface area contributed by atoms with Gasteiger partial charge in [0.25, 0.3) is 10.0 Å². The van der Waals surface area contributed by atoms with Gasteiger partial charge < -0.3 is 0 Å². The molecule has 8 heteroatoms. The lowest BCUT2D eigenvalue weighted by Crippen LogP contribution is -2.15. The number of rotatable bonds is 5. The highest BCUT2D eigenvalue weighted by Crippen LogP contribution is 2.35. The molecule has 0 unspecified atom stereocenters. The molecular weight excluding hydrogens is 400 g/mol. The van der Waals surface area contributed by atoms with Crippen LogP contribution in [0.15, 0.2) is 81.4 Å². The number of nitrogens with one attached hydrogen (secondary N) is 1. The second kappa shape index (κ2) is 7.65. The quantitative estimate of drug-likeness (QED) is 0.597. The molecule has 0 bridgehead atoms. The van der Waals surface area contributed by atoms with Gasteiger partial charge >= 0.3 is 0 Å². The predicted octanol–water partition coefficient (Wildman–Crippen LogP) is 5.57. The van der Waals surface area contributed by atoms with Gasteiger partial charge in [0.05, 0.1) is 5.69 Å².